The van der Waals surface area contributed by atoms with Gasteiger partial charge in [-0.15, -0.1) is 12.4 Å². The number of carbonyl (C=O) groups excluding carboxylic acids is 1. The SMILES string of the molecule is Cl.NCC1CCCCN1C(=O)CCCc1nc(-c2ccc(Cl)cc2)no1. The van der Waals surface area contributed by atoms with Gasteiger partial charge in [0, 0.05) is 42.6 Å². The van der Waals surface area contributed by atoms with Gasteiger partial charge < -0.3 is 15.2 Å². The van der Waals surface area contributed by atoms with Gasteiger partial charge in [0.25, 0.3) is 0 Å². The van der Waals surface area contributed by atoms with E-state index >= 15 is 0 Å². The van der Waals surface area contributed by atoms with Crippen molar-refractivity contribution < 1.29 is 9.32 Å². The molecule has 6 nitrogen and oxygen atoms in total. The highest BCUT2D eigenvalue weighted by Crippen LogP contribution is 2.20. The quantitative estimate of drug-likeness (QED) is 0.804. The fourth-order valence-corrected chi connectivity index (χ4v) is 3.31. The number of benzene rings is 1. The monoisotopic (exact) mass is 398 g/mol. The van der Waals surface area contributed by atoms with Gasteiger partial charge in [-0.25, -0.2) is 0 Å². The molecule has 1 fully saturated rings. The molecule has 0 bridgehead atoms. The highest BCUT2D eigenvalue weighted by Gasteiger charge is 2.25. The molecule has 1 aromatic heterocycles. The van der Waals surface area contributed by atoms with Gasteiger partial charge in [-0.1, -0.05) is 16.8 Å². The zero-order valence-electron chi connectivity index (χ0n) is 14.6. The molecule has 1 atom stereocenters. The van der Waals surface area contributed by atoms with Gasteiger partial charge in [0.1, 0.15) is 0 Å². The highest BCUT2D eigenvalue weighted by molar-refractivity contribution is 6.30. The molecule has 142 valence electrons. The van der Waals surface area contributed by atoms with E-state index in [1.807, 2.05) is 17.0 Å². The minimum Gasteiger partial charge on any atom is -0.339 e. The number of rotatable bonds is 6. The molecule has 2 aromatic rings. The summed E-state index contributed by atoms with van der Waals surface area (Å²) < 4.78 is 5.28. The summed E-state index contributed by atoms with van der Waals surface area (Å²) in [7, 11) is 0. The first-order valence-electron chi connectivity index (χ1n) is 8.75. The molecule has 1 saturated heterocycles. The molecule has 0 spiro atoms. The second-order valence-electron chi connectivity index (χ2n) is 6.34. The lowest BCUT2D eigenvalue weighted by Crippen LogP contribution is -2.47. The standard InChI is InChI=1S/C18H23ClN4O2.ClH/c19-14-9-7-13(8-10-14)18-21-16(25-22-18)5-3-6-17(24)23-11-2-1-4-15(23)12-20;/h7-10,15H,1-6,11-12,20H2;1H. The molecule has 0 radical (unpaired) electrons. The predicted octanol–water partition coefficient (Wildman–Crippen LogP) is 3.47. The van der Waals surface area contributed by atoms with Crippen molar-refractivity contribution in [2.24, 2.45) is 5.73 Å². The normalized spacial score (nSPS) is 17.0. The van der Waals surface area contributed by atoms with Crippen LogP contribution >= 0.6 is 24.0 Å². The predicted molar refractivity (Wildman–Crippen MR) is 103 cm³/mol. The van der Waals surface area contributed by atoms with Gasteiger partial charge in [0.05, 0.1) is 0 Å². The van der Waals surface area contributed by atoms with Crippen molar-refractivity contribution in [3.05, 3.63) is 35.2 Å². The van der Waals surface area contributed by atoms with Crippen molar-refractivity contribution in [1.29, 1.82) is 0 Å². The van der Waals surface area contributed by atoms with Crippen LogP contribution in [0.3, 0.4) is 0 Å². The number of aryl methyl sites for hydroxylation is 1. The molecule has 1 unspecified atom stereocenters. The first-order valence-corrected chi connectivity index (χ1v) is 9.13. The molecule has 1 amide bonds. The zero-order chi connectivity index (χ0) is 17.6. The number of halogens is 2. The number of nitrogens with two attached hydrogens (primary N) is 1. The number of amides is 1. The molecule has 8 heteroatoms. The van der Waals surface area contributed by atoms with Crippen molar-refractivity contribution in [3.8, 4) is 11.4 Å². The van der Waals surface area contributed by atoms with Crippen molar-refractivity contribution in [1.82, 2.24) is 15.0 Å². The number of likely N-dealkylation sites (tertiary alicyclic amines) is 1. The molecule has 1 aromatic carbocycles. The van der Waals surface area contributed by atoms with Gasteiger partial charge in [0.15, 0.2) is 0 Å². The largest absolute Gasteiger partial charge is 0.339 e. The number of hydrogen-bond donors (Lipinski definition) is 1. The lowest BCUT2D eigenvalue weighted by atomic mass is 10.0. The maximum absolute atomic E-state index is 12.4. The van der Waals surface area contributed by atoms with Crippen LogP contribution in [0.1, 0.15) is 38.0 Å². The van der Waals surface area contributed by atoms with Crippen LogP contribution in [-0.2, 0) is 11.2 Å². The second kappa shape index (κ2) is 9.90. The minimum absolute atomic E-state index is 0. The van der Waals surface area contributed by atoms with Crippen molar-refractivity contribution in [2.45, 2.75) is 44.6 Å². The van der Waals surface area contributed by atoms with Crippen LogP contribution in [0.2, 0.25) is 5.02 Å². The number of piperidine rings is 1. The Morgan fingerprint density at radius 2 is 2.08 bits per heavy atom. The Bertz CT molecular complexity index is 705. The van der Waals surface area contributed by atoms with Crippen LogP contribution in [-0.4, -0.2) is 40.1 Å². The lowest BCUT2D eigenvalue weighted by molar-refractivity contribution is -0.134. The average molecular weight is 399 g/mol. The van der Waals surface area contributed by atoms with Gasteiger partial charge in [-0.05, 0) is 49.9 Å². The second-order valence-corrected chi connectivity index (χ2v) is 6.78. The van der Waals surface area contributed by atoms with Crippen LogP contribution in [0.15, 0.2) is 28.8 Å². The highest BCUT2D eigenvalue weighted by atomic mass is 35.5. The maximum atomic E-state index is 12.4. The Hall–Kier alpha value is -1.63. The third-order valence-electron chi connectivity index (χ3n) is 4.57. The van der Waals surface area contributed by atoms with Crippen LogP contribution < -0.4 is 5.73 Å². The van der Waals surface area contributed by atoms with E-state index in [1.54, 1.807) is 12.1 Å². The first kappa shape index (κ1) is 20.7. The Balaban J connectivity index is 0.00000243. The number of carbonyl (C=O) groups is 1. The number of hydrogen-bond acceptors (Lipinski definition) is 5. The summed E-state index contributed by atoms with van der Waals surface area (Å²) in [6, 6.07) is 7.48. The maximum Gasteiger partial charge on any atom is 0.226 e. The van der Waals surface area contributed by atoms with E-state index in [0.29, 0.717) is 42.5 Å². The number of nitrogens with zero attached hydrogens (tertiary/aromatic N) is 3. The Labute approximate surface area is 164 Å². The molecule has 2 N–H and O–H groups in total. The lowest BCUT2D eigenvalue weighted by Gasteiger charge is -2.35. The van der Waals surface area contributed by atoms with Gasteiger partial charge >= 0.3 is 0 Å². The zero-order valence-corrected chi connectivity index (χ0v) is 16.1. The van der Waals surface area contributed by atoms with E-state index in [4.69, 9.17) is 21.9 Å². The average Bonchev–Trinajstić information content (AvgIpc) is 3.11. The topological polar surface area (TPSA) is 85.2 Å². The third kappa shape index (κ3) is 5.19. The summed E-state index contributed by atoms with van der Waals surface area (Å²) in [6.45, 7) is 1.36. The molecule has 26 heavy (non-hydrogen) atoms. The Morgan fingerprint density at radius 1 is 1.31 bits per heavy atom. The molecule has 1 aliphatic heterocycles. The van der Waals surface area contributed by atoms with Crippen molar-refractivity contribution >= 4 is 29.9 Å². The molecule has 3 rings (SSSR count). The fraction of sp³-hybridized carbons (Fsp3) is 0.500. The van der Waals surface area contributed by atoms with Crippen molar-refractivity contribution in [2.75, 3.05) is 13.1 Å². The molecule has 1 aliphatic rings. The van der Waals surface area contributed by atoms with Crippen LogP contribution in [0, 0.1) is 0 Å². The molecular formula is C18H24Cl2N4O2. The first-order chi connectivity index (χ1) is 12.2. The Morgan fingerprint density at radius 3 is 2.81 bits per heavy atom. The van der Waals surface area contributed by atoms with E-state index in [2.05, 4.69) is 10.1 Å². The van der Waals surface area contributed by atoms with E-state index in [-0.39, 0.29) is 24.4 Å². The molecule has 2 heterocycles. The summed E-state index contributed by atoms with van der Waals surface area (Å²) in [5.41, 5.74) is 6.64. The fourth-order valence-electron chi connectivity index (χ4n) is 3.18. The van der Waals surface area contributed by atoms with Crippen LogP contribution in [0.25, 0.3) is 11.4 Å². The Kier molecular flexibility index (Phi) is 7.87. The van der Waals surface area contributed by atoms with Crippen LogP contribution in [0.4, 0.5) is 0 Å². The summed E-state index contributed by atoms with van der Waals surface area (Å²) >= 11 is 5.88. The van der Waals surface area contributed by atoms with E-state index in [9.17, 15) is 4.79 Å². The smallest absolute Gasteiger partial charge is 0.226 e. The van der Waals surface area contributed by atoms with E-state index in [0.717, 1.165) is 31.4 Å². The third-order valence-corrected chi connectivity index (χ3v) is 4.82. The van der Waals surface area contributed by atoms with Gasteiger partial charge in [0.2, 0.25) is 17.6 Å². The number of aromatic nitrogens is 2. The molecule has 0 aliphatic carbocycles. The minimum atomic E-state index is 0. The van der Waals surface area contributed by atoms with Crippen molar-refractivity contribution in [3.63, 3.8) is 0 Å². The summed E-state index contributed by atoms with van der Waals surface area (Å²) in [5.74, 6) is 1.26. The summed E-state index contributed by atoms with van der Waals surface area (Å²) in [6.07, 6.45) is 4.99. The van der Waals surface area contributed by atoms with Gasteiger partial charge in [-0.2, -0.15) is 4.98 Å². The summed E-state index contributed by atoms with van der Waals surface area (Å²) in [5, 5.41) is 4.65. The van der Waals surface area contributed by atoms with E-state index < -0.39 is 0 Å². The molecular weight excluding hydrogens is 375 g/mol. The summed E-state index contributed by atoms with van der Waals surface area (Å²) in [4.78, 5) is 18.7. The van der Waals surface area contributed by atoms with E-state index in [1.165, 1.54) is 0 Å². The van der Waals surface area contributed by atoms with Crippen LogP contribution in [0.5, 0.6) is 0 Å². The van der Waals surface area contributed by atoms with Gasteiger partial charge in [-0.3, -0.25) is 4.79 Å². The molecule has 0 saturated carbocycles.